The smallest absolute Gasteiger partial charge is 0.248 e. The molecule has 9 nitrogen and oxygen atoms in total. The number of carbonyl (C=O) groups excluding carboxylic acids is 1. The second-order valence-electron chi connectivity index (χ2n) is 10.4. The summed E-state index contributed by atoms with van der Waals surface area (Å²) >= 11 is 0. The van der Waals surface area contributed by atoms with Crippen LogP contribution in [-0.4, -0.2) is 119 Å². The first kappa shape index (κ1) is 27.3. The van der Waals surface area contributed by atoms with E-state index in [9.17, 15) is 13.2 Å². The summed E-state index contributed by atoms with van der Waals surface area (Å²) in [5, 5.41) is 0. The topological polar surface area (TPSA) is 82.6 Å². The minimum Gasteiger partial charge on any atom is -0.497 e. The van der Waals surface area contributed by atoms with Crippen LogP contribution in [0.25, 0.3) is 0 Å². The average Bonchev–Trinajstić information content (AvgIpc) is 3.68. The van der Waals surface area contributed by atoms with E-state index >= 15 is 0 Å². The van der Waals surface area contributed by atoms with Gasteiger partial charge < -0.3 is 19.3 Å². The Morgan fingerprint density at radius 1 is 1.00 bits per heavy atom. The number of sulfonamides is 1. The van der Waals surface area contributed by atoms with E-state index in [1.165, 1.54) is 0 Å². The highest BCUT2D eigenvalue weighted by atomic mass is 32.2. The molecule has 0 bridgehead atoms. The minimum absolute atomic E-state index is 0.00167. The van der Waals surface area contributed by atoms with Crippen LogP contribution in [0.3, 0.4) is 0 Å². The molecule has 202 valence electrons. The first-order chi connectivity index (χ1) is 17.2. The van der Waals surface area contributed by atoms with Crippen molar-refractivity contribution < 1.29 is 22.7 Å². The van der Waals surface area contributed by atoms with E-state index in [2.05, 4.69) is 16.8 Å². The van der Waals surface area contributed by atoms with Crippen LogP contribution in [0.2, 0.25) is 0 Å². The molecule has 1 aromatic rings. The van der Waals surface area contributed by atoms with E-state index < -0.39 is 10.0 Å². The lowest BCUT2D eigenvalue weighted by atomic mass is 10.0. The Morgan fingerprint density at radius 3 is 2.17 bits per heavy atom. The van der Waals surface area contributed by atoms with Crippen LogP contribution < -0.4 is 4.74 Å². The van der Waals surface area contributed by atoms with Crippen LogP contribution in [0.1, 0.15) is 36.8 Å². The first-order valence-corrected chi connectivity index (χ1v) is 14.6. The van der Waals surface area contributed by atoms with Crippen molar-refractivity contribution in [3.05, 3.63) is 23.3 Å². The predicted molar refractivity (Wildman–Crippen MR) is 139 cm³/mol. The summed E-state index contributed by atoms with van der Waals surface area (Å²) in [5.41, 5.74) is 1.35. The van der Waals surface area contributed by atoms with Gasteiger partial charge in [-0.15, -0.1) is 0 Å². The summed E-state index contributed by atoms with van der Waals surface area (Å²) in [5.74, 6) is 0.644. The molecule has 3 fully saturated rings. The maximum Gasteiger partial charge on any atom is 0.248 e. The fourth-order valence-electron chi connectivity index (χ4n) is 5.49. The van der Waals surface area contributed by atoms with Gasteiger partial charge >= 0.3 is 0 Å². The van der Waals surface area contributed by atoms with Gasteiger partial charge in [-0.3, -0.25) is 9.69 Å². The molecule has 1 aromatic carbocycles. The number of benzene rings is 1. The lowest BCUT2D eigenvalue weighted by molar-refractivity contribution is -0.137. The van der Waals surface area contributed by atoms with Gasteiger partial charge in [-0.1, -0.05) is 0 Å². The van der Waals surface area contributed by atoms with Crippen molar-refractivity contribution >= 4 is 15.9 Å². The maximum absolute atomic E-state index is 13.6. The highest BCUT2D eigenvalue weighted by Gasteiger charge is 2.39. The van der Waals surface area contributed by atoms with Gasteiger partial charge in [-0.25, -0.2) is 8.42 Å². The van der Waals surface area contributed by atoms with Crippen molar-refractivity contribution in [2.75, 3.05) is 73.2 Å². The van der Waals surface area contributed by atoms with Crippen molar-refractivity contribution in [2.45, 2.75) is 56.5 Å². The van der Waals surface area contributed by atoms with Crippen LogP contribution >= 0.6 is 0 Å². The molecule has 36 heavy (non-hydrogen) atoms. The number of nitrogens with zero attached hydrogens (tertiary/aromatic N) is 4. The highest BCUT2D eigenvalue weighted by Crippen LogP contribution is 2.35. The number of hydrogen-bond donors (Lipinski definition) is 0. The van der Waals surface area contributed by atoms with Gasteiger partial charge in [0.15, 0.2) is 0 Å². The normalized spacial score (nSPS) is 20.8. The van der Waals surface area contributed by atoms with Crippen LogP contribution in [0.4, 0.5) is 0 Å². The Bertz CT molecular complexity index is 990. The molecule has 0 unspecified atom stereocenters. The van der Waals surface area contributed by atoms with Gasteiger partial charge in [0, 0.05) is 57.9 Å². The second-order valence-corrected chi connectivity index (χ2v) is 12.3. The van der Waals surface area contributed by atoms with Crippen LogP contribution in [0.15, 0.2) is 17.0 Å². The molecule has 0 N–H and O–H groups in total. The summed E-state index contributed by atoms with van der Waals surface area (Å²) in [4.78, 5) is 19.9. The molecule has 0 atom stereocenters. The lowest BCUT2D eigenvalue weighted by Crippen LogP contribution is -2.53. The zero-order valence-electron chi connectivity index (χ0n) is 22.2. The molecule has 0 aromatic heterocycles. The van der Waals surface area contributed by atoms with Gasteiger partial charge in [0.2, 0.25) is 15.9 Å². The zero-order chi connectivity index (χ0) is 25.9. The number of hydrogen-bond acceptors (Lipinski definition) is 7. The molecule has 1 amide bonds. The number of likely N-dealkylation sites (N-methyl/N-ethyl adjacent to an activating group) is 1. The maximum atomic E-state index is 13.6. The molecule has 3 aliphatic rings. The third kappa shape index (κ3) is 6.39. The standard InChI is InChI=1S/C26H42N4O5S/c1-20-17-24(34-4)18-21(2)26(20)36(32,33)30(23-5-6-23)15-16-35-19-25(31)29-9-7-22(8-10-29)28-13-11-27(3)12-14-28/h17-18,22-23H,5-16,19H2,1-4H3. The number of ether oxygens (including phenoxy) is 2. The molecular formula is C26H42N4O5S. The highest BCUT2D eigenvalue weighted by molar-refractivity contribution is 7.89. The Kier molecular flexibility index (Phi) is 8.93. The van der Waals surface area contributed by atoms with E-state index in [-0.39, 0.29) is 31.7 Å². The van der Waals surface area contributed by atoms with Crippen molar-refractivity contribution in [3.8, 4) is 5.75 Å². The quantitative estimate of drug-likeness (QED) is 0.433. The fourth-order valence-corrected chi connectivity index (χ4v) is 7.57. The van der Waals surface area contributed by atoms with Crippen molar-refractivity contribution in [1.29, 1.82) is 0 Å². The third-order valence-electron chi connectivity index (χ3n) is 7.74. The molecule has 4 rings (SSSR count). The third-order valence-corrected chi connectivity index (χ3v) is 10.0. The molecule has 0 spiro atoms. The SMILES string of the molecule is COc1cc(C)c(S(=O)(=O)N(CCOCC(=O)N2CCC(N3CCN(C)CC3)CC2)C2CC2)c(C)c1. The average molecular weight is 523 g/mol. The summed E-state index contributed by atoms with van der Waals surface area (Å²) < 4.78 is 39.7. The van der Waals surface area contributed by atoms with Gasteiger partial charge in [0.05, 0.1) is 18.6 Å². The minimum atomic E-state index is -3.67. The van der Waals surface area contributed by atoms with Crippen molar-refractivity contribution in [2.24, 2.45) is 0 Å². The van der Waals surface area contributed by atoms with E-state index in [1.807, 2.05) is 4.90 Å². The molecule has 2 saturated heterocycles. The molecule has 1 saturated carbocycles. The largest absolute Gasteiger partial charge is 0.497 e. The molecular weight excluding hydrogens is 480 g/mol. The van der Waals surface area contributed by atoms with E-state index in [4.69, 9.17) is 9.47 Å². The summed E-state index contributed by atoms with van der Waals surface area (Å²) in [6, 6.07) is 4.08. The van der Waals surface area contributed by atoms with E-state index in [0.29, 0.717) is 27.8 Å². The van der Waals surface area contributed by atoms with Crippen molar-refractivity contribution in [1.82, 2.24) is 19.0 Å². The van der Waals surface area contributed by atoms with Gasteiger partial charge in [0.25, 0.3) is 0 Å². The summed E-state index contributed by atoms with van der Waals surface area (Å²) in [6.07, 6.45) is 3.72. The first-order valence-electron chi connectivity index (χ1n) is 13.2. The molecule has 1 aliphatic carbocycles. The number of carbonyl (C=O) groups is 1. The molecule has 0 radical (unpaired) electrons. The monoisotopic (exact) mass is 522 g/mol. The van der Waals surface area contributed by atoms with E-state index in [0.717, 1.165) is 65.0 Å². The zero-order valence-corrected chi connectivity index (χ0v) is 23.1. The number of rotatable bonds is 10. The Balaban J connectivity index is 1.25. The Labute approximate surface area is 216 Å². The Morgan fingerprint density at radius 2 is 1.61 bits per heavy atom. The van der Waals surface area contributed by atoms with Crippen molar-refractivity contribution in [3.63, 3.8) is 0 Å². The predicted octanol–water partition coefficient (Wildman–Crippen LogP) is 1.72. The number of methoxy groups -OCH3 is 1. The lowest BCUT2D eigenvalue weighted by Gasteiger charge is -2.42. The number of likely N-dealkylation sites (tertiary alicyclic amines) is 1. The summed E-state index contributed by atoms with van der Waals surface area (Å²) in [6.45, 7) is 10.0. The van der Waals surface area contributed by atoms with Gasteiger partial charge in [-0.05, 0) is 69.8 Å². The Hall–Kier alpha value is -1.72. The second kappa shape index (κ2) is 11.8. The fraction of sp³-hybridized carbons (Fsp3) is 0.731. The summed E-state index contributed by atoms with van der Waals surface area (Å²) in [7, 11) is 0.0715. The van der Waals surface area contributed by atoms with Gasteiger partial charge in [0.1, 0.15) is 12.4 Å². The number of piperidine rings is 1. The number of piperazine rings is 1. The number of amides is 1. The van der Waals surface area contributed by atoms with Crippen LogP contribution in [0, 0.1) is 13.8 Å². The molecule has 10 heteroatoms. The van der Waals surface area contributed by atoms with Crippen LogP contribution in [0.5, 0.6) is 5.75 Å². The van der Waals surface area contributed by atoms with Crippen LogP contribution in [-0.2, 0) is 19.6 Å². The molecule has 2 aliphatic heterocycles. The number of aryl methyl sites for hydroxylation is 2. The van der Waals surface area contributed by atoms with E-state index in [1.54, 1.807) is 37.4 Å². The molecule has 2 heterocycles. The van der Waals surface area contributed by atoms with Gasteiger partial charge in [-0.2, -0.15) is 4.31 Å².